The number of hydrogen-bond acceptors (Lipinski definition) is 6. The molecule has 1 aliphatic heterocycles. The van der Waals surface area contributed by atoms with Gasteiger partial charge in [-0.1, -0.05) is 20.8 Å². The van der Waals surface area contributed by atoms with E-state index in [9.17, 15) is 4.79 Å². The van der Waals surface area contributed by atoms with Crippen LogP contribution < -0.4 is 21.2 Å². The number of amides is 1. The van der Waals surface area contributed by atoms with Crippen molar-refractivity contribution in [3.05, 3.63) is 91.0 Å². The van der Waals surface area contributed by atoms with Crippen molar-refractivity contribution in [3.63, 3.8) is 0 Å². The zero-order valence-corrected chi connectivity index (χ0v) is 30.3. The molecular formula is C38H49BrNO6P. The van der Waals surface area contributed by atoms with Crippen LogP contribution in [0.25, 0.3) is 0 Å². The SMILES string of the molecule is CC(C)(C)C1CCC2(CC1)OOC1(CCC(OC(=O)NCCCP(Br)(c3ccccc3)(c3ccccc3)c3ccccc3)CC1)OO2. The predicted octanol–water partition coefficient (Wildman–Crippen LogP) is 8.42. The zero-order valence-electron chi connectivity index (χ0n) is 27.9. The van der Waals surface area contributed by atoms with Gasteiger partial charge < -0.3 is 0 Å². The number of carbonyl (C=O) groups excluding carboxylic acids is 1. The van der Waals surface area contributed by atoms with E-state index in [4.69, 9.17) is 24.3 Å². The molecule has 3 aromatic carbocycles. The molecule has 1 saturated heterocycles. The van der Waals surface area contributed by atoms with Crippen molar-refractivity contribution in [1.29, 1.82) is 0 Å². The van der Waals surface area contributed by atoms with E-state index < -0.39 is 23.0 Å². The van der Waals surface area contributed by atoms with Gasteiger partial charge in [0.2, 0.25) is 5.79 Å². The molecule has 47 heavy (non-hydrogen) atoms. The van der Waals surface area contributed by atoms with Gasteiger partial charge in [0.05, 0.1) is 0 Å². The first-order chi connectivity index (χ1) is 22.5. The summed E-state index contributed by atoms with van der Waals surface area (Å²) in [7, 11) is 0. The molecule has 9 heteroatoms. The average Bonchev–Trinajstić information content (AvgIpc) is 3.10. The topological polar surface area (TPSA) is 75.3 Å². The molecule has 1 amide bonds. The van der Waals surface area contributed by atoms with Crippen molar-refractivity contribution < 1.29 is 29.1 Å². The van der Waals surface area contributed by atoms with Crippen LogP contribution in [0.1, 0.15) is 78.6 Å². The van der Waals surface area contributed by atoms with Crippen molar-refractivity contribution in [3.8, 4) is 0 Å². The first kappa shape index (κ1) is 34.5. The van der Waals surface area contributed by atoms with E-state index in [-0.39, 0.29) is 11.5 Å². The summed E-state index contributed by atoms with van der Waals surface area (Å²) in [5.74, 6) is -1.15. The third-order valence-corrected chi connectivity index (χ3v) is 20.6. The van der Waals surface area contributed by atoms with Crippen molar-refractivity contribution in [2.45, 2.75) is 96.2 Å². The van der Waals surface area contributed by atoms with E-state index in [0.29, 0.717) is 38.1 Å². The van der Waals surface area contributed by atoms with Crippen molar-refractivity contribution in [2.75, 3.05) is 12.7 Å². The van der Waals surface area contributed by atoms with Crippen LogP contribution in [0.3, 0.4) is 0 Å². The fraction of sp³-hybridized carbons (Fsp3) is 0.500. The normalized spacial score (nSPS) is 27.5. The minimum atomic E-state index is -3.04. The van der Waals surface area contributed by atoms with Gasteiger partial charge in [-0.2, -0.15) is 0 Å². The fourth-order valence-corrected chi connectivity index (χ4v) is 15.2. The van der Waals surface area contributed by atoms with Gasteiger partial charge in [-0.3, -0.25) is 0 Å². The summed E-state index contributed by atoms with van der Waals surface area (Å²) >= 11 is 4.48. The van der Waals surface area contributed by atoms with Crippen LogP contribution in [0, 0.1) is 11.3 Å². The quantitative estimate of drug-likeness (QED) is 0.143. The van der Waals surface area contributed by atoms with Gasteiger partial charge in [0.25, 0.3) is 0 Å². The number of rotatable bonds is 8. The second-order valence-corrected chi connectivity index (χ2v) is 23.7. The Morgan fingerprint density at radius 3 is 1.55 bits per heavy atom. The average molecular weight is 727 g/mol. The number of nitrogens with one attached hydrogen (secondary N) is 1. The van der Waals surface area contributed by atoms with Crippen LogP contribution in [0.4, 0.5) is 4.79 Å². The van der Waals surface area contributed by atoms with E-state index in [1.165, 1.54) is 15.9 Å². The molecule has 2 saturated carbocycles. The van der Waals surface area contributed by atoms with Gasteiger partial charge in [-0.15, -0.1) is 0 Å². The first-order valence-corrected chi connectivity index (χ1v) is 21.6. The molecule has 0 aromatic heterocycles. The number of carbonyl (C=O) groups is 1. The summed E-state index contributed by atoms with van der Waals surface area (Å²) in [6.07, 6.45) is 6.76. The van der Waals surface area contributed by atoms with Crippen LogP contribution in [0.15, 0.2) is 91.0 Å². The van der Waals surface area contributed by atoms with Crippen LogP contribution in [-0.2, 0) is 24.3 Å². The minimum absolute atomic E-state index is 0.223. The maximum absolute atomic E-state index is 12.9. The fourth-order valence-electron chi connectivity index (χ4n) is 7.55. The molecule has 0 bridgehead atoms. The molecule has 0 radical (unpaired) electrons. The van der Waals surface area contributed by atoms with Crippen LogP contribution in [0.5, 0.6) is 0 Å². The number of hydrogen-bond donors (Lipinski definition) is 1. The van der Waals surface area contributed by atoms with Gasteiger partial charge in [0.15, 0.2) is 0 Å². The Kier molecular flexibility index (Phi) is 10.2. The molecule has 3 aromatic rings. The molecule has 3 fully saturated rings. The maximum atomic E-state index is 12.9. The molecule has 0 atom stereocenters. The summed E-state index contributed by atoms with van der Waals surface area (Å²) in [6.45, 7) is 7.36. The first-order valence-electron chi connectivity index (χ1n) is 17.1. The third kappa shape index (κ3) is 7.20. The number of alkyl carbamates (subject to hydrolysis) is 1. The van der Waals surface area contributed by atoms with Crippen molar-refractivity contribution >= 4 is 42.8 Å². The van der Waals surface area contributed by atoms with Crippen molar-refractivity contribution in [2.24, 2.45) is 11.3 Å². The van der Waals surface area contributed by atoms with E-state index in [2.05, 4.69) is 133 Å². The number of ether oxygens (including phenoxy) is 1. The standard InChI is InChI=1S/C38H49BrNO6P/c1-36(2,3)30-20-24-37(25-21-30)43-45-38(46-44-37)26-22-31(23-27-38)42-35(41)40-28-13-29-47(39,32-14-7-4-8-15-32,33-16-9-5-10-17-33)34-18-11-6-12-19-34/h4-12,14-19,30-31H,13,20-29H2,1-3H3,(H,40,41). The molecule has 0 unspecified atom stereocenters. The van der Waals surface area contributed by atoms with Gasteiger partial charge in [-0.05, 0) is 24.2 Å². The number of halogens is 1. The molecule has 2 aliphatic carbocycles. The van der Waals surface area contributed by atoms with E-state index in [1.807, 2.05) is 0 Å². The Hall–Kier alpha value is -2.32. The molecule has 7 nitrogen and oxygen atoms in total. The Balaban J connectivity index is 1.02. The Labute approximate surface area is 287 Å². The predicted molar refractivity (Wildman–Crippen MR) is 192 cm³/mol. The summed E-state index contributed by atoms with van der Waals surface area (Å²) in [5.41, 5.74) is 0.263. The second kappa shape index (κ2) is 13.9. The molecule has 3 aliphatic rings. The van der Waals surface area contributed by atoms with Gasteiger partial charge >= 0.3 is 225 Å². The third-order valence-electron chi connectivity index (χ3n) is 10.5. The molecule has 2 spiro atoms. The van der Waals surface area contributed by atoms with Crippen LogP contribution in [0.2, 0.25) is 0 Å². The monoisotopic (exact) mass is 725 g/mol. The Morgan fingerprint density at radius 1 is 0.745 bits per heavy atom. The summed E-state index contributed by atoms with van der Waals surface area (Å²) < 4.78 is 5.85. The Bertz CT molecular complexity index is 1360. The molecule has 1 heterocycles. The summed E-state index contributed by atoms with van der Waals surface area (Å²) in [6, 6.07) is 32.1. The van der Waals surface area contributed by atoms with E-state index in [1.54, 1.807) is 0 Å². The van der Waals surface area contributed by atoms with Gasteiger partial charge in [0.1, 0.15) is 0 Å². The second-order valence-electron chi connectivity index (χ2n) is 14.6. The molecule has 1 N–H and O–H groups in total. The molecular weight excluding hydrogens is 677 g/mol. The van der Waals surface area contributed by atoms with Crippen LogP contribution >= 0.6 is 20.8 Å². The molecule has 6 rings (SSSR count). The van der Waals surface area contributed by atoms with Crippen LogP contribution in [-0.4, -0.2) is 36.5 Å². The number of benzene rings is 3. The van der Waals surface area contributed by atoms with Gasteiger partial charge in [0, 0.05) is 12.8 Å². The summed E-state index contributed by atoms with van der Waals surface area (Å²) in [5, 5.41) is 3.78. The van der Waals surface area contributed by atoms with E-state index in [0.717, 1.165) is 38.3 Å². The van der Waals surface area contributed by atoms with Gasteiger partial charge in [-0.25, -0.2) is 0 Å². The van der Waals surface area contributed by atoms with E-state index >= 15 is 0 Å². The molecule has 254 valence electrons. The zero-order chi connectivity index (χ0) is 33.0. The Morgan fingerprint density at radius 2 is 1.15 bits per heavy atom. The van der Waals surface area contributed by atoms with Crippen molar-refractivity contribution in [1.82, 2.24) is 5.32 Å². The summed E-state index contributed by atoms with van der Waals surface area (Å²) in [4.78, 5) is 36.6.